The summed E-state index contributed by atoms with van der Waals surface area (Å²) < 4.78 is 0. The maximum atomic E-state index is 14.0. The van der Waals surface area contributed by atoms with E-state index in [0.29, 0.717) is 19.5 Å². The van der Waals surface area contributed by atoms with Gasteiger partial charge >= 0.3 is 0 Å². The second-order valence-electron chi connectivity index (χ2n) is 13.3. The molecular weight excluding hydrogens is 496 g/mol. The van der Waals surface area contributed by atoms with Crippen molar-refractivity contribution < 1.29 is 19.2 Å². The Bertz CT molecular complexity index is 903. The Morgan fingerprint density at radius 2 is 1.54 bits per heavy atom. The lowest BCUT2D eigenvalue weighted by atomic mass is 9.84. The zero-order chi connectivity index (χ0) is 29.1. The van der Waals surface area contributed by atoms with Gasteiger partial charge in [0, 0.05) is 26.2 Å². The van der Waals surface area contributed by atoms with Crippen molar-refractivity contribution >= 4 is 23.6 Å². The lowest BCUT2D eigenvalue weighted by Gasteiger charge is -2.41. The van der Waals surface area contributed by atoms with E-state index in [1.54, 1.807) is 9.80 Å². The van der Waals surface area contributed by atoms with E-state index in [1.165, 1.54) is 0 Å². The monoisotopic (exact) mass is 548 g/mol. The fraction of sp³-hybridized carbons (Fsp3) is 0.862. The average molecular weight is 549 g/mol. The van der Waals surface area contributed by atoms with Crippen LogP contribution in [0.5, 0.6) is 0 Å². The summed E-state index contributed by atoms with van der Waals surface area (Å²) in [5.74, 6) is -0.517. The first-order valence-electron chi connectivity index (χ1n) is 14.8. The van der Waals surface area contributed by atoms with Crippen LogP contribution in [0.25, 0.3) is 0 Å². The van der Waals surface area contributed by atoms with Gasteiger partial charge in [-0.05, 0) is 70.0 Å². The first-order chi connectivity index (χ1) is 18.2. The fourth-order valence-corrected chi connectivity index (χ4v) is 6.52. The molecule has 3 fully saturated rings. The molecule has 1 unspecified atom stereocenters. The molecule has 3 heterocycles. The van der Waals surface area contributed by atoms with Gasteiger partial charge in [-0.2, -0.15) is 0 Å². The quantitative estimate of drug-likeness (QED) is 0.450. The Hall–Kier alpha value is -2.20. The third-order valence-corrected chi connectivity index (χ3v) is 9.02. The van der Waals surface area contributed by atoms with Crippen LogP contribution in [-0.4, -0.2) is 114 Å². The number of carbonyl (C=O) groups excluding carboxylic acids is 4. The number of hydrogen-bond donors (Lipinski definition) is 2. The molecule has 10 nitrogen and oxygen atoms in total. The minimum Gasteiger partial charge on any atom is -0.368 e. The molecule has 3 rings (SSSR count). The van der Waals surface area contributed by atoms with Gasteiger partial charge in [0.25, 0.3) is 0 Å². The van der Waals surface area contributed by atoms with Gasteiger partial charge in [-0.15, -0.1) is 0 Å². The van der Waals surface area contributed by atoms with Crippen LogP contribution in [0.4, 0.5) is 0 Å². The minimum atomic E-state index is -0.663. The Morgan fingerprint density at radius 3 is 2.13 bits per heavy atom. The summed E-state index contributed by atoms with van der Waals surface area (Å²) in [7, 11) is 3.79. The van der Waals surface area contributed by atoms with Crippen molar-refractivity contribution in [1.82, 2.24) is 24.9 Å². The maximum absolute atomic E-state index is 14.0. The number of amides is 4. The number of likely N-dealkylation sites (tertiary alicyclic amines) is 3. The first kappa shape index (κ1) is 31.3. The van der Waals surface area contributed by atoms with Gasteiger partial charge in [0.1, 0.15) is 12.1 Å². The molecule has 0 aromatic heterocycles. The van der Waals surface area contributed by atoms with E-state index >= 15 is 0 Å². The van der Waals surface area contributed by atoms with E-state index in [-0.39, 0.29) is 41.8 Å². The maximum Gasteiger partial charge on any atom is 0.245 e. The first-order valence-corrected chi connectivity index (χ1v) is 14.8. The summed E-state index contributed by atoms with van der Waals surface area (Å²) in [5, 5.41) is 3.11. The van der Waals surface area contributed by atoms with Crippen LogP contribution in [-0.2, 0) is 19.2 Å². The predicted octanol–water partition coefficient (Wildman–Crippen LogP) is 1.43. The van der Waals surface area contributed by atoms with E-state index in [4.69, 9.17) is 5.73 Å². The van der Waals surface area contributed by atoms with Crippen molar-refractivity contribution in [3.63, 3.8) is 0 Å². The second kappa shape index (κ2) is 13.0. The van der Waals surface area contributed by atoms with Gasteiger partial charge in [-0.1, -0.05) is 41.0 Å². The molecule has 0 spiro atoms. The topological polar surface area (TPSA) is 119 Å². The van der Waals surface area contributed by atoms with Gasteiger partial charge in [0.05, 0.1) is 12.1 Å². The Morgan fingerprint density at radius 1 is 0.923 bits per heavy atom. The van der Waals surface area contributed by atoms with E-state index in [1.807, 2.05) is 34.9 Å². The number of rotatable bonds is 9. The normalized spacial score (nSPS) is 26.5. The summed E-state index contributed by atoms with van der Waals surface area (Å²) in [5.41, 5.74) is 5.11. The molecule has 3 aliphatic heterocycles. The molecule has 0 aromatic rings. The van der Waals surface area contributed by atoms with Crippen molar-refractivity contribution in [3.05, 3.63) is 0 Å². The van der Waals surface area contributed by atoms with Crippen LogP contribution in [0.2, 0.25) is 0 Å². The fourth-order valence-electron chi connectivity index (χ4n) is 6.52. The number of carbonyl (C=O) groups is 4. The van der Waals surface area contributed by atoms with Crippen LogP contribution in [0, 0.1) is 11.3 Å². The Balaban J connectivity index is 1.74. The minimum absolute atomic E-state index is 0.0262. The van der Waals surface area contributed by atoms with E-state index in [0.717, 1.165) is 51.6 Å². The van der Waals surface area contributed by atoms with E-state index in [2.05, 4.69) is 29.0 Å². The molecule has 4 amide bonds. The number of nitrogens with zero attached hydrogens (tertiary/aromatic N) is 4. The van der Waals surface area contributed by atoms with Crippen LogP contribution in [0.3, 0.4) is 0 Å². The molecule has 0 radical (unpaired) electrons. The van der Waals surface area contributed by atoms with Gasteiger partial charge < -0.3 is 20.9 Å². The third-order valence-electron chi connectivity index (χ3n) is 9.02. The standard InChI is InChI=1S/C29H52N6O4/c1-19(2)23(18-34-16-10-14-22(34)27(38)35-17-11-13-20(35)25(30)36)33(7)28(39)24(29(3,4)5)31-26(37)21-12-8-9-15-32(21)6/h19-24H,8-18H2,1-7H3,(H2,30,36)(H,31,37)/t20-,21+,22?,23+,24+/m0/s1. The summed E-state index contributed by atoms with van der Waals surface area (Å²) in [6.07, 6.45) is 5.93. The highest BCUT2D eigenvalue weighted by Crippen LogP contribution is 2.28. The van der Waals surface area contributed by atoms with Crippen LogP contribution in [0.1, 0.15) is 79.6 Å². The van der Waals surface area contributed by atoms with E-state index < -0.39 is 23.4 Å². The van der Waals surface area contributed by atoms with Crippen LogP contribution >= 0.6 is 0 Å². The summed E-state index contributed by atoms with van der Waals surface area (Å²) in [6, 6.07) is -1.85. The SMILES string of the molecule is CC(C)[C@@H](CN1CCCC1C(=O)N1CCC[C@H]1C(N)=O)N(C)C(=O)[C@@H](NC(=O)[C@H]1CCCCN1C)C(C)(C)C. The number of hydrogen-bond acceptors (Lipinski definition) is 6. The third kappa shape index (κ3) is 7.31. The molecule has 0 aromatic carbocycles. The van der Waals surface area contributed by atoms with Gasteiger partial charge in [-0.25, -0.2) is 0 Å². The molecule has 3 aliphatic rings. The lowest BCUT2D eigenvalue weighted by Crippen LogP contribution is -2.61. The van der Waals surface area contributed by atoms with Crippen molar-refractivity contribution in [2.45, 2.75) is 110 Å². The number of piperidine rings is 1. The average Bonchev–Trinajstić information content (AvgIpc) is 3.54. The molecule has 0 saturated carbocycles. The second-order valence-corrected chi connectivity index (χ2v) is 13.3. The molecule has 10 heteroatoms. The zero-order valence-electron chi connectivity index (χ0n) is 25.2. The van der Waals surface area contributed by atoms with Gasteiger partial charge in [0.15, 0.2) is 0 Å². The molecule has 5 atom stereocenters. The predicted molar refractivity (Wildman–Crippen MR) is 152 cm³/mol. The smallest absolute Gasteiger partial charge is 0.245 e. The number of likely N-dealkylation sites (N-methyl/N-ethyl adjacent to an activating group) is 2. The molecule has 3 saturated heterocycles. The van der Waals surface area contributed by atoms with E-state index in [9.17, 15) is 19.2 Å². The summed E-state index contributed by atoms with van der Waals surface area (Å²) >= 11 is 0. The van der Waals surface area contributed by atoms with Crippen molar-refractivity contribution in [2.75, 3.05) is 40.3 Å². The van der Waals surface area contributed by atoms with Gasteiger partial charge in [0.2, 0.25) is 23.6 Å². The molecule has 0 bridgehead atoms. The summed E-state index contributed by atoms with van der Waals surface area (Å²) in [6.45, 7) is 12.9. The largest absolute Gasteiger partial charge is 0.368 e. The highest BCUT2D eigenvalue weighted by molar-refractivity contribution is 5.91. The number of nitrogens with two attached hydrogens (primary N) is 1. The highest BCUT2D eigenvalue weighted by atomic mass is 16.2. The van der Waals surface area contributed by atoms with Crippen molar-refractivity contribution in [1.29, 1.82) is 0 Å². The number of primary amides is 1. The lowest BCUT2D eigenvalue weighted by molar-refractivity contribution is -0.144. The number of nitrogens with one attached hydrogen (secondary N) is 1. The molecule has 3 N–H and O–H groups in total. The van der Waals surface area contributed by atoms with Crippen LogP contribution < -0.4 is 11.1 Å². The Kier molecular flexibility index (Phi) is 10.4. The van der Waals surface area contributed by atoms with Gasteiger partial charge in [-0.3, -0.25) is 29.0 Å². The van der Waals surface area contributed by atoms with Crippen molar-refractivity contribution in [3.8, 4) is 0 Å². The zero-order valence-corrected chi connectivity index (χ0v) is 25.2. The summed E-state index contributed by atoms with van der Waals surface area (Å²) in [4.78, 5) is 60.4. The van der Waals surface area contributed by atoms with Crippen LogP contribution in [0.15, 0.2) is 0 Å². The van der Waals surface area contributed by atoms with Crippen molar-refractivity contribution in [2.24, 2.45) is 17.1 Å². The highest BCUT2D eigenvalue weighted by Gasteiger charge is 2.43. The molecular formula is C29H52N6O4. The molecule has 39 heavy (non-hydrogen) atoms. The molecule has 0 aliphatic carbocycles. The molecule has 222 valence electrons. The Labute approximate surface area is 235 Å².